The van der Waals surface area contributed by atoms with Gasteiger partial charge >= 0.3 is 0 Å². The predicted octanol–water partition coefficient (Wildman–Crippen LogP) is 1.29. The number of carbonyl (C=O) groups excluding carboxylic acids is 2. The maximum absolute atomic E-state index is 11.9. The third-order valence-electron chi connectivity index (χ3n) is 2.93. The zero-order valence-corrected chi connectivity index (χ0v) is 12.3. The van der Waals surface area contributed by atoms with Crippen LogP contribution in [0.1, 0.15) is 25.8 Å². The normalized spacial score (nSPS) is 12.1. The van der Waals surface area contributed by atoms with Crippen LogP contribution >= 0.6 is 0 Å². The summed E-state index contributed by atoms with van der Waals surface area (Å²) in [6, 6.07) is 6.69. The maximum atomic E-state index is 11.9. The molecule has 2 amide bonds. The Balaban J connectivity index is 2.56. The number of hydrogen-bond acceptors (Lipinski definition) is 3. The second kappa shape index (κ2) is 7.65. The number of hydrogen-bond donors (Lipinski definition) is 3. The molecule has 0 aliphatic carbocycles. The van der Waals surface area contributed by atoms with Gasteiger partial charge in [0, 0.05) is 12.7 Å². The SMILES string of the molecule is CNC(=O)Cc1ccc(NC(=O)[C@@H](N)CC(C)C)cc1. The molecule has 5 heteroatoms. The van der Waals surface area contributed by atoms with E-state index in [0.29, 0.717) is 24.4 Å². The average molecular weight is 277 g/mol. The van der Waals surface area contributed by atoms with Crippen LogP contribution < -0.4 is 16.4 Å². The van der Waals surface area contributed by atoms with Crippen molar-refractivity contribution < 1.29 is 9.59 Å². The number of amides is 2. The van der Waals surface area contributed by atoms with Gasteiger partial charge in [-0.1, -0.05) is 26.0 Å². The molecule has 1 aromatic carbocycles. The predicted molar refractivity (Wildman–Crippen MR) is 80.3 cm³/mol. The van der Waals surface area contributed by atoms with E-state index in [-0.39, 0.29) is 11.8 Å². The molecule has 110 valence electrons. The minimum Gasteiger partial charge on any atom is -0.359 e. The highest BCUT2D eigenvalue weighted by molar-refractivity contribution is 5.94. The molecular weight excluding hydrogens is 254 g/mol. The molecule has 1 atom stereocenters. The topological polar surface area (TPSA) is 84.2 Å². The molecule has 0 aromatic heterocycles. The molecule has 1 aromatic rings. The molecule has 0 aliphatic rings. The van der Waals surface area contributed by atoms with Crippen molar-refractivity contribution >= 4 is 17.5 Å². The summed E-state index contributed by atoms with van der Waals surface area (Å²) in [4.78, 5) is 23.1. The van der Waals surface area contributed by atoms with Crippen LogP contribution in [-0.2, 0) is 16.0 Å². The number of benzene rings is 1. The van der Waals surface area contributed by atoms with Crippen molar-refractivity contribution in [2.45, 2.75) is 32.7 Å². The van der Waals surface area contributed by atoms with E-state index in [1.165, 1.54) is 0 Å². The number of likely N-dealkylation sites (N-methyl/N-ethyl adjacent to an activating group) is 1. The van der Waals surface area contributed by atoms with Crippen LogP contribution in [0.15, 0.2) is 24.3 Å². The molecular formula is C15H23N3O2. The number of nitrogens with two attached hydrogens (primary N) is 1. The molecule has 0 saturated carbocycles. The Morgan fingerprint density at radius 1 is 1.20 bits per heavy atom. The fourth-order valence-electron chi connectivity index (χ4n) is 1.83. The van der Waals surface area contributed by atoms with Gasteiger partial charge in [0.25, 0.3) is 0 Å². The molecule has 0 bridgehead atoms. The highest BCUT2D eigenvalue weighted by Gasteiger charge is 2.14. The lowest BCUT2D eigenvalue weighted by atomic mass is 10.0. The molecule has 0 saturated heterocycles. The van der Waals surface area contributed by atoms with Crippen LogP contribution in [-0.4, -0.2) is 24.9 Å². The van der Waals surface area contributed by atoms with Gasteiger partial charge in [0.15, 0.2) is 0 Å². The average Bonchev–Trinajstić information content (AvgIpc) is 2.40. The van der Waals surface area contributed by atoms with Crippen molar-refractivity contribution in [1.29, 1.82) is 0 Å². The molecule has 0 aliphatic heterocycles. The van der Waals surface area contributed by atoms with Gasteiger partial charge in [-0.05, 0) is 30.0 Å². The van der Waals surface area contributed by atoms with Crippen molar-refractivity contribution in [3.05, 3.63) is 29.8 Å². The summed E-state index contributed by atoms with van der Waals surface area (Å²) in [5, 5.41) is 5.35. The summed E-state index contributed by atoms with van der Waals surface area (Å²) in [7, 11) is 1.60. The van der Waals surface area contributed by atoms with Gasteiger partial charge in [-0.25, -0.2) is 0 Å². The van der Waals surface area contributed by atoms with E-state index in [1.807, 2.05) is 26.0 Å². The minimum absolute atomic E-state index is 0.0410. The molecule has 1 rings (SSSR count). The third kappa shape index (κ3) is 5.40. The summed E-state index contributed by atoms with van der Waals surface area (Å²) in [6.45, 7) is 4.06. The summed E-state index contributed by atoms with van der Waals surface area (Å²) in [5.74, 6) is 0.157. The van der Waals surface area contributed by atoms with Crippen LogP contribution in [0.2, 0.25) is 0 Å². The van der Waals surface area contributed by atoms with Gasteiger partial charge in [-0.15, -0.1) is 0 Å². The van der Waals surface area contributed by atoms with Crippen LogP contribution in [0, 0.1) is 5.92 Å². The number of rotatable bonds is 6. The first-order valence-electron chi connectivity index (χ1n) is 6.78. The smallest absolute Gasteiger partial charge is 0.241 e. The second-order valence-corrected chi connectivity index (χ2v) is 5.27. The van der Waals surface area contributed by atoms with Crippen molar-refractivity contribution in [3.63, 3.8) is 0 Å². The van der Waals surface area contributed by atoms with Gasteiger partial charge < -0.3 is 16.4 Å². The fourth-order valence-corrected chi connectivity index (χ4v) is 1.83. The van der Waals surface area contributed by atoms with E-state index in [9.17, 15) is 9.59 Å². The number of anilines is 1. The monoisotopic (exact) mass is 277 g/mol. The maximum Gasteiger partial charge on any atom is 0.241 e. The van der Waals surface area contributed by atoms with E-state index in [2.05, 4.69) is 10.6 Å². The highest BCUT2D eigenvalue weighted by atomic mass is 16.2. The van der Waals surface area contributed by atoms with Gasteiger partial charge in [-0.2, -0.15) is 0 Å². The molecule has 0 radical (unpaired) electrons. The Labute approximate surface area is 119 Å². The third-order valence-corrected chi connectivity index (χ3v) is 2.93. The van der Waals surface area contributed by atoms with Crippen LogP contribution in [0.3, 0.4) is 0 Å². The van der Waals surface area contributed by atoms with Crippen molar-refractivity contribution in [1.82, 2.24) is 5.32 Å². The number of nitrogens with one attached hydrogen (secondary N) is 2. The lowest BCUT2D eigenvalue weighted by Gasteiger charge is -2.14. The molecule has 4 N–H and O–H groups in total. The lowest BCUT2D eigenvalue weighted by molar-refractivity contribution is -0.120. The Kier molecular flexibility index (Phi) is 6.18. The Morgan fingerprint density at radius 2 is 1.80 bits per heavy atom. The van der Waals surface area contributed by atoms with Crippen molar-refractivity contribution in [2.75, 3.05) is 12.4 Å². The van der Waals surface area contributed by atoms with E-state index >= 15 is 0 Å². The van der Waals surface area contributed by atoms with Crippen LogP contribution in [0.25, 0.3) is 0 Å². The first kappa shape index (κ1) is 16.2. The molecule has 0 heterocycles. The molecule has 0 spiro atoms. The zero-order valence-electron chi connectivity index (χ0n) is 12.3. The summed E-state index contributed by atoms with van der Waals surface area (Å²) in [6.07, 6.45) is 0.984. The molecule has 0 fully saturated rings. The van der Waals surface area contributed by atoms with Gasteiger partial charge in [0.2, 0.25) is 11.8 Å². The summed E-state index contributed by atoms with van der Waals surface area (Å²) < 4.78 is 0. The van der Waals surface area contributed by atoms with Gasteiger partial charge in [0.1, 0.15) is 0 Å². The molecule has 0 unspecified atom stereocenters. The largest absolute Gasteiger partial charge is 0.359 e. The first-order valence-corrected chi connectivity index (χ1v) is 6.78. The van der Waals surface area contributed by atoms with Crippen molar-refractivity contribution in [2.24, 2.45) is 11.7 Å². The highest BCUT2D eigenvalue weighted by Crippen LogP contribution is 2.11. The summed E-state index contributed by atoms with van der Waals surface area (Å²) in [5.41, 5.74) is 7.40. The van der Waals surface area contributed by atoms with E-state index in [0.717, 1.165) is 5.56 Å². The fraction of sp³-hybridized carbons (Fsp3) is 0.467. The zero-order chi connectivity index (χ0) is 15.1. The van der Waals surface area contributed by atoms with E-state index in [1.54, 1.807) is 19.2 Å². The first-order chi connectivity index (χ1) is 9.42. The van der Waals surface area contributed by atoms with Crippen LogP contribution in [0.4, 0.5) is 5.69 Å². The Hall–Kier alpha value is -1.88. The molecule has 20 heavy (non-hydrogen) atoms. The van der Waals surface area contributed by atoms with E-state index < -0.39 is 6.04 Å². The lowest BCUT2D eigenvalue weighted by Crippen LogP contribution is -2.36. The second-order valence-electron chi connectivity index (χ2n) is 5.27. The molecule has 5 nitrogen and oxygen atoms in total. The Morgan fingerprint density at radius 3 is 2.30 bits per heavy atom. The van der Waals surface area contributed by atoms with E-state index in [4.69, 9.17) is 5.73 Å². The quantitative estimate of drug-likeness (QED) is 0.732. The Bertz CT molecular complexity index is 455. The van der Waals surface area contributed by atoms with Crippen molar-refractivity contribution in [3.8, 4) is 0 Å². The van der Waals surface area contributed by atoms with Crippen LogP contribution in [0.5, 0.6) is 0 Å². The van der Waals surface area contributed by atoms with Gasteiger partial charge in [0.05, 0.1) is 12.5 Å². The summed E-state index contributed by atoms with van der Waals surface area (Å²) >= 11 is 0. The van der Waals surface area contributed by atoms with Gasteiger partial charge in [-0.3, -0.25) is 9.59 Å². The number of carbonyl (C=O) groups is 2. The minimum atomic E-state index is -0.499. The standard InChI is InChI=1S/C15H23N3O2/c1-10(2)8-13(16)15(20)18-12-6-4-11(5-7-12)9-14(19)17-3/h4-7,10,13H,8-9,16H2,1-3H3,(H,17,19)(H,18,20)/t13-/m0/s1.